The van der Waals surface area contributed by atoms with Crippen molar-refractivity contribution in [2.45, 2.75) is 26.4 Å². The smallest absolute Gasteiger partial charge is 0.293 e. The summed E-state index contributed by atoms with van der Waals surface area (Å²) in [6, 6.07) is 9.56. The van der Waals surface area contributed by atoms with Crippen molar-refractivity contribution in [2.24, 2.45) is 0 Å². The molecule has 0 aliphatic carbocycles. The lowest BCUT2D eigenvalue weighted by atomic mass is 10.1. The van der Waals surface area contributed by atoms with E-state index < -0.39 is 0 Å². The molecule has 0 saturated heterocycles. The van der Waals surface area contributed by atoms with Crippen LogP contribution < -0.4 is 10.5 Å². The van der Waals surface area contributed by atoms with Crippen molar-refractivity contribution in [3.05, 3.63) is 58.1 Å². The van der Waals surface area contributed by atoms with Crippen molar-refractivity contribution in [3.63, 3.8) is 0 Å². The number of hydrogen-bond acceptors (Lipinski definition) is 4. The zero-order valence-corrected chi connectivity index (χ0v) is 12.4. The molecule has 108 valence electrons. The lowest BCUT2D eigenvalue weighted by Gasteiger charge is -2.19. The Morgan fingerprint density at radius 1 is 1.43 bits per heavy atom. The Kier molecular flexibility index (Phi) is 4.39. The van der Waals surface area contributed by atoms with E-state index in [0.717, 1.165) is 5.56 Å². The molecule has 0 aliphatic rings. The number of benzene rings is 1. The normalized spacial score (nSPS) is 10.4. The number of anilines is 1. The van der Waals surface area contributed by atoms with Crippen LogP contribution in [-0.4, -0.2) is 16.6 Å². The van der Waals surface area contributed by atoms with Gasteiger partial charge < -0.3 is 9.47 Å². The zero-order valence-electron chi connectivity index (χ0n) is 12.4. The van der Waals surface area contributed by atoms with Gasteiger partial charge in [-0.3, -0.25) is 4.79 Å². The third kappa shape index (κ3) is 3.29. The topological polar surface area (TPSA) is 61.9 Å². The molecule has 5 nitrogen and oxygen atoms in total. The van der Waals surface area contributed by atoms with Crippen LogP contribution in [0.4, 0.5) is 5.82 Å². The number of hydrogen-bond donors (Lipinski definition) is 0. The van der Waals surface area contributed by atoms with Crippen LogP contribution in [0.15, 0.2) is 41.5 Å². The van der Waals surface area contributed by atoms with Crippen LogP contribution in [0.2, 0.25) is 0 Å². The number of aromatic nitrogens is 2. The maximum Gasteiger partial charge on any atom is 0.293 e. The first-order chi connectivity index (χ1) is 10.0. The molecule has 0 radical (unpaired) electrons. The van der Waals surface area contributed by atoms with Gasteiger partial charge >= 0.3 is 0 Å². The highest BCUT2D eigenvalue weighted by atomic mass is 16.1. The Hall–Kier alpha value is -2.61. The average Bonchev–Trinajstić information content (AvgIpc) is 2.47. The molecule has 0 N–H and O–H groups in total. The maximum atomic E-state index is 12.4. The molecule has 0 unspecified atom stereocenters. The van der Waals surface area contributed by atoms with Gasteiger partial charge in [0.05, 0.1) is 11.6 Å². The Labute approximate surface area is 124 Å². The van der Waals surface area contributed by atoms with Gasteiger partial charge in [0.15, 0.2) is 5.82 Å². The molecule has 0 aliphatic heterocycles. The second-order valence-corrected chi connectivity index (χ2v) is 5.23. The van der Waals surface area contributed by atoms with Gasteiger partial charge in [0.1, 0.15) is 0 Å². The summed E-state index contributed by atoms with van der Waals surface area (Å²) in [5, 5.41) is 8.93. The molecular weight excluding hydrogens is 264 g/mol. The molecule has 1 aromatic heterocycles. The van der Waals surface area contributed by atoms with Gasteiger partial charge in [-0.2, -0.15) is 5.26 Å². The van der Waals surface area contributed by atoms with Crippen molar-refractivity contribution in [1.82, 2.24) is 9.55 Å². The average molecular weight is 282 g/mol. The third-order valence-corrected chi connectivity index (χ3v) is 3.24. The molecule has 0 amide bonds. The van der Waals surface area contributed by atoms with E-state index in [1.807, 2.05) is 39.1 Å². The first-order valence-electron chi connectivity index (χ1n) is 6.80. The Balaban J connectivity index is 2.29. The van der Waals surface area contributed by atoms with E-state index in [0.29, 0.717) is 17.9 Å². The van der Waals surface area contributed by atoms with Crippen LogP contribution in [0.3, 0.4) is 0 Å². The summed E-state index contributed by atoms with van der Waals surface area (Å²) in [7, 11) is 1.83. The SMILES string of the molecule is CC(C)n1ccnc(N(C)Cc2cccc(C#N)c2)c1=O. The second-order valence-electron chi connectivity index (χ2n) is 5.23. The monoisotopic (exact) mass is 282 g/mol. The van der Waals surface area contributed by atoms with Crippen molar-refractivity contribution in [2.75, 3.05) is 11.9 Å². The lowest BCUT2D eigenvalue weighted by Crippen LogP contribution is -2.31. The minimum absolute atomic E-state index is 0.0922. The van der Waals surface area contributed by atoms with E-state index in [1.165, 1.54) is 0 Å². The van der Waals surface area contributed by atoms with Gasteiger partial charge in [-0.05, 0) is 31.5 Å². The Morgan fingerprint density at radius 3 is 2.86 bits per heavy atom. The van der Waals surface area contributed by atoms with E-state index in [-0.39, 0.29) is 11.6 Å². The van der Waals surface area contributed by atoms with Gasteiger partial charge in [-0.15, -0.1) is 0 Å². The summed E-state index contributed by atoms with van der Waals surface area (Å²) in [4.78, 5) is 18.4. The van der Waals surface area contributed by atoms with Crippen molar-refractivity contribution >= 4 is 5.82 Å². The largest absolute Gasteiger partial charge is 0.351 e. The summed E-state index contributed by atoms with van der Waals surface area (Å²) in [6.45, 7) is 4.45. The van der Waals surface area contributed by atoms with E-state index in [4.69, 9.17) is 5.26 Å². The highest BCUT2D eigenvalue weighted by Crippen LogP contribution is 2.11. The third-order valence-electron chi connectivity index (χ3n) is 3.24. The zero-order chi connectivity index (χ0) is 15.4. The molecule has 2 rings (SSSR count). The molecule has 0 atom stereocenters. The van der Waals surface area contributed by atoms with E-state index in [9.17, 15) is 4.79 Å². The van der Waals surface area contributed by atoms with Crippen LogP contribution in [0, 0.1) is 11.3 Å². The van der Waals surface area contributed by atoms with Gasteiger partial charge in [0.2, 0.25) is 0 Å². The number of rotatable bonds is 4. The first kappa shape index (κ1) is 14.8. The maximum absolute atomic E-state index is 12.4. The second kappa shape index (κ2) is 6.23. The first-order valence-corrected chi connectivity index (χ1v) is 6.80. The molecule has 5 heteroatoms. The van der Waals surface area contributed by atoms with Crippen molar-refractivity contribution in [3.8, 4) is 6.07 Å². The summed E-state index contributed by atoms with van der Waals surface area (Å²) in [6.07, 6.45) is 3.33. The highest BCUT2D eigenvalue weighted by molar-refractivity contribution is 5.39. The molecule has 0 spiro atoms. The Morgan fingerprint density at radius 2 is 2.19 bits per heavy atom. The van der Waals surface area contributed by atoms with Gasteiger partial charge in [0, 0.05) is 32.0 Å². The van der Waals surface area contributed by atoms with E-state index in [1.54, 1.807) is 27.9 Å². The number of nitrogens with zero attached hydrogens (tertiary/aromatic N) is 4. The van der Waals surface area contributed by atoms with E-state index in [2.05, 4.69) is 11.1 Å². The van der Waals surface area contributed by atoms with Crippen LogP contribution in [0.25, 0.3) is 0 Å². The molecule has 0 saturated carbocycles. The summed E-state index contributed by atoms with van der Waals surface area (Å²) in [5.74, 6) is 0.411. The van der Waals surface area contributed by atoms with Crippen molar-refractivity contribution in [1.29, 1.82) is 5.26 Å². The number of nitriles is 1. The minimum atomic E-state index is -0.105. The van der Waals surface area contributed by atoms with Crippen LogP contribution in [-0.2, 0) is 6.54 Å². The molecule has 21 heavy (non-hydrogen) atoms. The Bertz CT molecular complexity index is 728. The fraction of sp³-hybridized carbons (Fsp3) is 0.312. The summed E-state index contributed by atoms with van der Waals surface area (Å²) >= 11 is 0. The molecule has 1 aromatic carbocycles. The quantitative estimate of drug-likeness (QED) is 0.863. The van der Waals surface area contributed by atoms with Gasteiger partial charge in [-0.25, -0.2) is 4.98 Å². The summed E-state index contributed by atoms with van der Waals surface area (Å²) < 4.78 is 1.66. The predicted molar refractivity (Wildman–Crippen MR) is 82.1 cm³/mol. The van der Waals surface area contributed by atoms with Crippen LogP contribution >= 0.6 is 0 Å². The van der Waals surface area contributed by atoms with Gasteiger partial charge in [0.25, 0.3) is 5.56 Å². The summed E-state index contributed by atoms with van der Waals surface area (Å²) in [5.41, 5.74) is 1.48. The molecule has 0 bridgehead atoms. The van der Waals surface area contributed by atoms with Crippen molar-refractivity contribution < 1.29 is 0 Å². The molecule has 2 aromatic rings. The highest BCUT2D eigenvalue weighted by Gasteiger charge is 2.12. The minimum Gasteiger partial charge on any atom is -0.351 e. The van der Waals surface area contributed by atoms with Crippen LogP contribution in [0.1, 0.15) is 31.0 Å². The molecule has 1 heterocycles. The van der Waals surface area contributed by atoms with Crippen LogP contribution in [0.5, 0.6) is 0 Å². The fourth-order valence-electron chi connectivity index (χ4n) is 2.17. The fourth-order valence-corrected chi connectivity index (χ4v) is 2.17. The standard InChI is InChI=1S/C16H18N4O/c1-12(2)20-8-7-18-15(16(20)21)19(3)11-14-6-4-5-13(9-14)10-17/h4-9,12H,11H2,1-3H3. The predicted octanol–water partition coefficient (Wildman–Crippen LogP) is 2.33. The molecule has 0 fully saturated rings. The molecular formula is C16H18N4O. The lowest BCUT2D eigenvalue weighted by molar-refractivity contribution is 0.572. The van der Waals surface area contributed by atoms with Gasteiger partial charge in [-0.1, -0.05) is 12.1 Å². The van der Waals surface area contributed by atoms with E-state index >= 15 is 0 Å².